The fraction of sp³-hybridized carbons (Fsp3) is 0.538. The largest absolute Gasteiger partial charge is 0.487 e. The number of rotatable bonds is 3. The van der Waals surface area contributed by atoms with Crippen LogP contribution in [0.2, 0.25) is 5.02 Å². The summed E-state index contributed by atoms with van der Waals surface area (Å²) in [7, 11) is -3.88. The van der Waals surface area contributed by atoms with E-state index in [1.165, 1.54) is 6.07 Å². The minimum absolute atomic E-state index is 0.00891. The first-order valence-corrected chi connectivity index (χ1v) is 9.17. The summed E-state index contributed by atoms with van der Waals surface area (Å²) in [4.78, 5) is -0.0736. The highest BCUT2D eigenvalue weighted by atomic mass is 79.9. The maximum absolute atomic E-state index is 11.7. The summed E-state index contributed by atoms with van der Waals surface area (Å²) in [6.45, 7) is 2.21. The Morgan fingerprint density at radius 3 is 2.45 bits per heavy atom. The summed E-state index contributed by atoms with van der Waals surface area (Å²) >= 11 is 9.33. The first-order chi connectivity index (χ1) is 9.27. The number of ether oxygens (including phenoxy) is 1. The van der Waals surface area contributed by atoms with Gasteiger partial charge in [-0.15, -0.1) is 0 Å². The molecule has 0 unspecified atom stereocenters. The van der Waals surface area contributed by atoms with Crippen molar-refractivity contribution >= 4 is 37.6 Å². The highest BCUT2D eigenvalue weighted by Gasteiger charge is 2.25. The van der Waals surface area contributed by atoms with Crippen LogP contribution in [0.1, 0.15) is 32.6 Å². The molecule has 1 fully saturated rings. The molecular formula is C13H17BrClNO3S. The molecule has 1 aromatic carbocycles. The van der Waals surface area contributed by atoms with E-state index in [1.54, 1.807) is 6.07 Å². The van der Waals surface area contributed by atoms with Gasteiger partial charge in [-0.2, -0.15) is 0 Å². The van der Waals surface area contributed by atoms with Crippen LogP contribution in [0, 0.1) is 5.92 Å². The Morgan fingerprint density at radius 1 is 1.30 bits per heavy atom. The van der Waals surface area contributed by atoms with Crippen LogP contribution in [-0.2, 0) is 10.0 Å². The lowest BCUT2D eigenvalue weighted by Gasteiger charge is -2.27. The zero-order valence-corrected chi connectivity index (χ0v) is 14.3. The van der Waals surface area contributed by atoms with Crippen molar-refractivity contribution in [1.82, 2.24) is 0 Å². The van der Waals surface area contributed by atoms with E-state index < -0.39 is 10.0 Å². The lowest BCUT2D eigenvalue weighted by molar-refractivity contribution is 0.132. The van der Waals surface area contributed by atoms with Crippen LogP contribution in [0.25, 0.3) is 0 Å². The number of halogens is 2. The van der Waals surface area contributed by atoms with Gasteiger partial charge in [0.1, 0.15) is 4.90 Å². The van der Waals surface area contributed by atoms with E-state index in [1.807, 2.05) is 0 Å². The van der Waals surface area contributed by atoms with Crippen LogP contribution in [0.3, 0.4) is 0 Å². The molecule has 0 radical (unpaired) electrons. The fourth-order valence-electron chi connectivity index (χ4n) is 2.38. The van der Waals surface area contributed by atoms with Crippen molar-refractivity contribution < 1.29 is 13.2 Å². The number of sulfonamides is 1. The summed E-state index contributed by atoms with van der Waals surface area (Å²) in [6.07, 6.45) is 3.94. The number of primary sulfonamides is 1. The van der Waals surface area contributed by atoms with Crippen LogP contribution >= 0.6 is 27.5 Å². The van der Waals surface area contributed by atoms with E-state index in [0.29, 0.717) is 10.4 Å². The molecule has 0 spiro atoms. The van der Waals surface area contributed by atoms with Crippen LogP contribution in [-0.4, -0.2) is 14.5 Å². The highest BCUT2D eigenvalue weighted by molar-refractivity contribution is 9.10. The van der Waals surface area contributed by atoms with Gasteiger partial charge in [-0.05, 0) is 43.7 Å². The Labute approximate surface area is 132 Å². The summed E-state index contributed by atoms with van der Waals surface area (Å²) in [5.41, 5.74) is 0. The second-order valence-corrected chi connectivity index (χ2v) is 8.11. The summed E-state index contributed by atoms with van der Waals surface area (Å²) in [6, 6.07) is 3.03. The molecule has 1 aliphatic rings. The third-order valence-corrected chi connectivity index (χ3v) is 5.18. The van der Waals surface area contributed by atoms with Crippen LogP contribution < -0.4 is 9.88 Å². The predicted octanol–water partition coefficient (Wildman–Crippen LogP) is 3.71. The number of hydrogen-bond donors (Lipinski definition) is 1. The highest BCUT2D eigenvalue weighted by Crippen LogP contribution is 2.37. The van der Waals surface area contributed by atoms with Gasteiger partial charge in [-0.25, -0.2) is 13.6 Å². The molecule has 0 aromatic heterocycles. The number of nitrogens with two attached hydrogens (primary N) is 1. The van der Waals surface area contributed by atoms with Crippen LogP contribution in [0.15, 0.2) is 21.5 Å². The standard InChI is InChI=1S/C13H17BrClNO3S/c1-8-2-4-10(5-3-8)19-13-11(15)6-9(14)7-12(13)20(16,17)18/h6-8,10H,2-5H2,1H3,(H2,16,17,18). The molecule has 2 rings (SSSR count). The Kier molecular flexibility index (Phi) is 5.00. The van der Waals surface area contributed by atoms with Gasteiger partial charge in [-0.1, -0.05) is 34.5 Å². The molecule has 0 saturated heterocycles. The lowest BCUT2D eigenvalue weighted by atomic mass is 9.89. The van der Waals surface area contributed by atoms with E-state index in [4.69, 9.17) is 21.5 Å². The van der Waals surface area contributed by atoms with E-state index in [9.17, 15) is 8.42 Å². The molecule has 4 nitrogen and oxygen atoms in total. The fourth-order valence-corrected chi connectivity index (χ4v) is 4.15. The molecule has 0 heterocycles. The molecule has 0 aliphatic heterocycles. The second-order valence-electron chi connectivity index (χ2n) is 5.26. The third kappa shape index (κ3) is 3.87. The topological polar surface area (TPSA) is 69.4 Å². The van der Waals surface area contributed by atoms with Crippen molar-refractivity contribution in [3.8, 4) is 5.75 Å². The zero-order valence-electron chi connectivity index (χ0n) is 11.1. The molecule has 7 heteroatoms. The van der Waals surface area contributed by atoms with Gasteiger partial charge in [0.2, 0.25) is 10.0 Å². The van der Waals surface area contributed by atoms with Crippen molar-refractivity contribution in [2.45, 2.75) is 43.6 Å². The molecular weight excluding hydrogens is 366 g/mol. The Morgan fingerprint density at radius 2 is 1.90 bits per heavy atom. The van der Waals surface area contributed by atoms with Crippen molar-refractivity contribution in [2.24, 2.45) is 11.1 Å². The molecule has 2 N–H and O–H groups in total. The monoisotopic (exact) mass is 381 g/mol. The van der Waals surface area contributed by atoms with E-state index in [2.05, 4.69) is 22.9 Å². The minimum Gasteiger partial charge on any atom is -0.487 e. The molecule has 20 heavy (non-hydrogen) atoms. The molecule has 1 aliphatic carbocycles. The normalized spacial score (nSPS) is 23.6. The predicted molar refractivity (Wildman–Crippen MR) is 82.6 cm³/mol. The van der Waals surface area contributed by atoms with Crippen LogP contribution in [0.5, 0.6) is 5.75 Å². The molecule has 0 atom stereocenters. The van der Waals surface area contributed by atoms with Gasteiger partial charge in [0.25, 0.3) is 0 Å². The van der Waals surface area contributed by atoms with Gasteiger partial charge >= 0.3 is 0 Å². The van der Waals surface area contributed by atoms with Crippen molar-refractivity contribution in [1.29, 1.82) is 0 Å². The van der Waals surface area contributed by atoms with Gasteiger partial charge in [0.05, 0.1) is 11.1 Å². The molecule has 1 aromatic rings. The van der Waals surface area contributed by atoms with E-state index in [-0.39, 0.29) is 21.8 Å². The van der Waals surface area contributed by atoms with Gasteiger partial charge in [0, 0.05) is 4.47 Å². The Balaban J connectivity index is 2.31. The molecule has 0 bridgehead atoms. The average Bonchev–Trinajstić information content (AvgIpc) is 2.33. The number of hydrogen-bond acceptors (Lipinski definition) is 3. The first-order valence-electron chi connectivity index (χ1n) is 6.46. The Hall–Kier alpha value is -0.300. The maximum Gasteiger partial charge on any atom is 0.241 e. The van der Waals surface area contributed by atoms with Crippen LogP contribution in [0.4, 0.5) is 0 Å². The summed E-state index contributed by atoms with van der Waals surface area (Å²) in [5.74, 6) is 0.852. The van der Waals surface area contributed by atoms with Gasteiger partial charge in [-0.3, -0.25) is 0 Å². The molecule has 1 saturated carbocycles. The Bertz CT molecular complexity index is 598. The lowest BCUT2D eigenvalue weighted by Crippen LogP contribution is -2.24. The summed E-state index contributed by atoms with van der Waals surface area (Å²) in [5, 5.41) is 5.49. The third-order valence-electron chi connectivity index (χ3n) is 3.53. The second kappa shape index (κ2) is 6.22. The summed E-state index contributed by atoms with van der Waals surface area (Å²) < 4.78 is 29.7. The first kappa shape index (κ1) is 16.1. The van der Waals surface area contributed by atoms with Crippen molar-refractivity contribution in [3.63, 3.8) is 0 Å². The smallest absolute Gasteiger partial charge is 0.241 e. The van der Waals surface area contributed by atoms with Crippen molar-refractivity contribution in [2.75, 3.05) is 0 Å². The average molecular weight is 383 g/mol. The van der Waals surface area contributed by atoms with Gasteiger partial charge < -0.3 is 4.74 Å². The van der Waals surface area contributed by atoms with E-state index in [0.717, 1.165) is 25.7 Å². The maximum atomic E-state index is 11.7. The van der Waals surface area contributed by atoms with Gasteiger partial charge in [0.15, 0.2) is 5.75 Å². The quantitative estimate of drug-likeness (QED) is 0.866. The zero-order chi connectivity index (χ0) is 14.9. The van der Waals surface area contributed by atoms with E-state index >= 15 is 0 Å². The number of benzene rings is 1. The SMILES string of the molecule is CC1CCC(Oc2c(Cl)cc(Br)cc2S(N)(=O)=O)CC1. The van der Waals surface area contributed by atoms with Crippen molar-refractivity contribution in [3.05, 3.63) is 21.6 Å². The molecule has 112 valence electrons. The molecule has 0 amide bonds. The minimum atomic E-state index is -3.88.